The number of benzene rings is 2. The molecule has 1 amide bonds. The van der Waals surface area contributed by atoms with E-state index in [1.54, 1.807) is 0 Å². The van der Waals surface area contributed by atoms with E-state index in [1.807, 2.05) is 49.4 Å². The smallest absolute Gasteiger partial charge is 0.264 e. The van der Waals surface area contributed by atoms with Crippen LogP contribution in [-0.2, 0) is 4.79 Å². The van der Waals surface area contributed by atoms with Crippen molar-refractivity contribution in [1.82, 2.24) is 5.32 Å². The molecule has 1 saturated heterocycles. The van der Waals surface area contributed by atoms with Crippen molar-refractivity contribution in [3.8, 4) is 5.75 Å². The minimum Gasteiger partial charge on any atom is -0.483 e. The zero-order valence-corrected chi connectivity index (χ0v) is 15.6. The van der Waals surface area contributed by atoms with E-state index in [4.69, 9.17) is 17.0 Å². The normalized spacial score (nSPS) is 13.3. The topological polar surface area (TPSA) is 53.6 Å². The van der Waals surface area contributed by atoms with Crippen molar-refractivity contribution in [2.75, 3.05) is 29.9 Å². The summed E-state index contributed by atoms with van der Waals surface area (Å²) in [6.07, 6.45) is 2.40. The van der Waals surface area contributed by atoms with Crippen molar-refractivity contribution >= 4 is 34.6 Å². The maximum atomic E-state index is 12.1. The Hall–Kier alpha value is -2.60. The van der Waals surface area contributed by atoms with Gasteiger partial charge in [0.15, 0.2) is 11.7 Å². The largest absolute Gasteiger partial charge is 0.483 e. The van der Waals surface area contributed by atoms with Gasteiger partial charge in [-0.2, -0.15) is 0 Å². The van der Waals surface area contributed by atoms with Crippen LogP contribution in [0.4, 0.5) is 11.4 Å². The summed E-state index contributed by atoms with van der Waals surface area (Å²) in [5, 5.41) is 6.08. The van der Waals surface area contributed by atoms with Gasteiger partial charge in [0.2, 0.25) is 0 Å². The minimum absolute atomic E-state index is 0.0829. The third-order valence-corrected chi connectivity index (χ3v) is 4.51. The molecule has 1 aliphatic rings. The number of carbonyl (C=O) groups excluding carboxylic acids is 1. The first-order valence-corrected chi connectivity index (χ1v) is 9.17. The van der Waals surface area contributed by atoms with Crippen LogP contribution in [0.5, 0.6) is 5.75 Å². The van der Waals surface area contributed by atoms with Crippen LogP contribution in [0.2, 0.25) is 0 Å². The highest BCUT2D eigenvalue weighted by Gasteiger charge is 2.16. The lowest BCUT2D eigenvalue weighted by Crippen LogP contribution is -2.37. The molecule has 0 aromatic heterocycles. The molecule has 1 heterocycles. The molecular weight excluding hydrogens is 346 g/mol. The minimum atomic E-state index is -0.288. The van der Waals surface area contributed by atoms with Gasteiger partial charge in [-0.1, -0.05) is 30.3 Å². The second-order valence-corrected chi connectivity index (χ2v) is 6.68. The van der Waals surface area contributed by atoms with Gasteiger partial charge in [-0.3, -0.25) is 10.1 Å². The number of rotatable bonds is 5. The Bertz CT molecular complexity index is 788. The molecule has 2 aromatic carbocycles. The second kappa shape index (κ2) is 8.67. The van der Waals surface area contributed by atoms with Crippen LogP contribution in [-0.4, -0.2) is 30.7 Å². The summed E-state index contributed by atoms with van der Waals surface area (Å²) in [6.45, 7) is 3.94. The maximum Gasteiger partial charge on any atom is 0.264 e. The summed E-state index contributed by atoms with van der Waals surface area (Å²) < 4.78 is 5.55. The van der Waals surface area contributed by atoms with E-state index in [0.29, 0.717) is 5.75 Å². The quantitative estimate of drug-likeness (QED) is 0.790. The number of nitrogens with one attached hydrogen (secondary N) is 2. The van der Waals surface area contributed by atoms with Crippen LogP contribution < -0.4 is 20.3 Å². The number of nitrogens with zero attached hydrogens (tertiary/aromatic N) is 1. The molecule has 136 valence electrons. The fraction of sp³-hybridized carbons (Fsp3) is 0.300. The monoisotopic (exact) mass is 369 g/mol. The molecule has 26 heavy (non-hydrogen) atoms. The summed E-state index contributed by atoms with van der Waals surface area (Å²) in [4.78, 5) is 14.4. The van der Waals surface area contributed by atoms with E-state index in [1.165, 1.54) is 12.8 Å². The predicted molar refractivity (Wildman–Crippen MR) is 109 cm³/mol. The number of carbonyl (C=O) groups is 1. The molecule has 0 spiro atoms. The third kappa shape index (κ3) is 4.73. The fourth-order valence-corrected chi connectivity index (χ4v) is 3.21. The SMILES string of the molecule is Cc1ccccc1OCC(=O)NC(=S)Nc1ccccc1N1CCCC1. The zero-order valence-electron chi connectivity index (χ0n) is 14.8. The van der Waals surface area contributed by atoms with Crippen LogP contribution in [0.1, 0.15) is 18.4 Å². The van der Waals surface area contributed by atoms with E-state index in [2.05, 4.69) is 21.6 Å². The van der Waals surface area contributed by atoms with Crippen LogP contribution in [0.3, 0.4) is 0 Å². The molecule has 0 radical (unpaired) electrons. The highest BCUT2D eigenvalue weighted by atomic mass is 32.1. The number of amides is 1. The first kappa shape index (κ1) is 18.2. The van der Waals surface area contributed by atoms with E-state index in [9.17, 15) is 4.79 Å². The number of ether oxygens (including phenoxy) is 1. The van der Waals surface area contributed by atoms with Crippen molar-refractivity contribution in [3.63, 3.8) is 0 Å². The summed E-state index contributed by atoms with van der Waals surface area (Å²) in [6, 6.07) is 15.6. The van der Waals surface area contributed by atoms with E-state index >= 15 is 0 Å². The van der Waals surface area contributed by atoms with Gasteiger partial charge < -0.3 is 15.0 Å². The van der Waals surface area contributed by atoms with Gasteiger partial charge in [0, 0.05) is 13.1 Å². The van der Waals surface area contributed by atoms with Crippen LogP contribution in [0.25, 0.3) is 0 Å². The molecule has 5 nitrogen and oxygen atoms in total. The van der Waals surface area contributed by atoms with Crippen LogP contribution >= 0.6 is 12.2 Å². The first-order valence-electron chi connectivity index (χ1n) is 8.77. The number of hydrogen-bond acceptors (Lipinski definition) is 4. The number of aryl methyl sites for hydroxylation is 1. The van der Waals surface area contributed by atoms with E-state index in [0.717, 1.165) is 30.0 Å². The maximum absolute atomic E-state index is 12.1. The Kier molecular flexibility index (Phi) is 6.07. The van der Waals surface area contributed by atoms with Gasteiger partial charge in [0.05, 0.1) is 11.4 Å². The molecule has 0 bridgehead atoms. The van der Waals surface area contributed by atoms with Gasteiger partial charge in [-0.15, -0.1) is 0 Å². The fourth-order valence-electron chi connectivity index (χ4n) is 2.99. The summed E-state index contributed by atoms with van der Waals surface area (Å²) in [7, 11) is 0. The van der Waals surface area contributed by atoms with Gasteiger partial charge >= 0.3 is 0 Å². The number of anilines is 2. The Morgan fingerprint density at radius 2 is 1.81 bits per heavy atom. The third-order valence-electron chi connectivity index (χ3n) is 4.30. The first-order chi connectivity index (χ1) is 12.6. The van der Waals surface area contributed by atoms with Gasteiger partial charge in [-0.05, 0) is 55.7 Å². The van der Waals surface area contributed by atoms with E-state index in [-0.39, 0.29) is 17.6 Å². The molecule has 2 aromatic rings. The lowest BCUT2D eigenvalue weighted by atomic mass is 10.2. The lowest BCUT2D eigenvalue weighted by Gasteiger charge is -2.22. The molecule has 0 aliphatic carbocycles. The molecule has 1 aliphatic heterocycles. The molecule has 0 atom stereocenters. The van der Waals surface area contributed by atoms with Crippen LogP contribution in [0, 0.1) is 6.92 Å². The molecule has 6 heteroatoms. The summed E-state index contributed by atoms with van der Waals surface area (Å²) >= 11 is 5.29. The van der Waals surface area contributed by atoms with Crippen molar-refractivity contribution in [3.05, 3.63) is 54.1 Å². The van der Waals surface area contributed by atoms with Crippen molar-refractivity contribution in [2.24, 2.45) is 0 Å². The second-order valence-electron chi connectivity index (χ2n) is 6.27. The standard InChI is InChI=1S/C20H23N3O2S/c1-15-8-2-5-11-18(15)25-14-19(24)22-20(26)21-16-9-3-4-10-17(16)23-12-6-7-13-23/h2-5,8-11H,6-7,12-14H2,1H3,(H2,21,22,24,26). The Morgan fingerprint density at radius 3 is 2.58 bits per heavy atom. The highest BCUT2D eigenvalue weighted by molar-refractivity contribution is 7.80. The number of thiocarbonyl (C=S) groups is 1. The number of hydrogen-bond donors (Lipinski definition) is 2. The predicted octanol–water partition coefficient (Wildman–Crippen LogP) is 3.49. The lowest BCUT2D eigenvalue weighted by molar-refractivity contribution is -0.121. The zero-order chi connectivity index (χ0) is 18.4. The van der Waals surface area contributed by atoms with Crippen molar-refractivity contribution < 1.29 is 9.53 Å². The van der Waals surface area contributed by atoms with Crippen molar-refractivity contribution in [1.29, 1.82) is 0 Å². The molecule has 1 fully saturated rings. The average molecular weight is 369 g/mol. The summed E-state index contributed by atoms with van der Waals surface area (Å²) in [5.41, 5.74) is 3.00. The molecular formula is C20H23N3O2S. The molecule has 0 saturated carbocycles. The van der Waals surface area contributed by atoms with Crippen LogP contribution in [0.15, 0.2) is 48.5 Å². The van der Waals surface area contributed by atoms with Gasteiger partial charge in [0.25, 0.3) is 5.91 Å². The van der Waals surface area contributed by atoms with E-state index < -0.39 is 0 Å². The Morgan fingerprint density at radius 1 is 1.12 bits per heavy atom. The van der Waals surface area contributed by atoms with Gasteiger partial charge in [0.1, 0.15) is 5.75 Å². The van der Waals surface area contributed by atoms with Crippen molar-refractivity contribution in [2.45, 2.75) is 19.8 Å². The highest BCUT2D eigenvalue weighted by Crippen LogP contribution is 2.28. The molecule has 2 N–H and O–H groups in total. The number of para-hydroxylation sites is 3. The Balaban J connectivity index is 1.54. The molecule has 0 unspecified atom stereocenters. The average Bonchev–Trinajstić information content (AvgIpc) is 3.16. The van der Waals surface area contributed by atoms with Gasteiger partial charge in [-0.25, -0.2) is 0 Å². The summed E-state index contributed by atoms with van der Waals surface area (Å²) in [5.74, 6) is 0.408. The molecule has 3 rings (SSSR count). The Labute approximate surface area is 159 Å².